The number of anilines is 1. The van der Waals surface area contributed by atoms with Gasteiger partial charge in [0.25, 0.3) is 5.91 Å². The number of benzene rings is 2. The van der Waals surface area contributed by atoms with E-state index in [-0.39, 0.29) is 21.8 Å². The number of aromatic nitrogens is 3. The normalized spacial score (nSPS) is 11.7. The topological polar surface area (TPSA) is 88.9 Å². The zero-order valence-electron chi connectivity index (χ0n) is 17.8. The molecule has 0 fully saturated rings. The average Bonchev–Trinajstić information content (AvgIpc) is 3.18. The van der Waals surface area contributed by atoms with E-state index >= 15 is 0 Å². The smallest absolute Gasteiger partial charge is 0.251 e. The first-order valence-corrected chi connectivity index (χ1v) is 12.0. The van der Waals surface area contributed by atoms with Gasteiger partial charge in [0.1, 0.15) is 5.82 Å². The van der Waals surface area contributed by atoms with Gasteiger partial charge in [-0.05, 0) is 53.2 Å². The number of carbonyl (C=O) groups is 2. The van der Waals surface area contributed by atoms with Gasteiger partial charge in [-0.25, -0.2) is 8.78 Å². The Kier molecular flexibility index (Phi) is 8.81. The summed E-state index contributed by atoms with van der Waals surface area (Å²) in [4.78, 5) is 24.9. The van der Waals surface area contributed by atoms with Gasteiger partial charge in [0, 0.05) is 27.7 Å². The first kappa shape index (κ1) is 25.9. The molecule has 0 bridgehead atoms. The molecule has 2 N–H and O–H groups in total. The minimum absolute atomic E-state index is 0.0886. The van der Waals surface area contributed by atoms with E-state index in [9.17, 15) is 18.4 Å². The predicted octanol–water partition coefficient (Wildman–Crippen LogP) is 5.38. The number of hydrogen-bond acceptors (Lipinski definition) is 5. The molecule has 0 aliphatic rings. The standard InChI is InChI=1S/C22H19BrClF2N5O2S/c1-3-8-31-20(12(2)27-21(33)13-4-6-14(24)7-5-13)29-30-22(31)34-11-18(32)28-19-16(23)9-15(25)10-17(19)26/h3-7,9-10,12H,1,8,11H2,2H3,(H,27,33)(H,28,32)/t12-/m1/s1. The minimum atomic E-state index is -0.896. The minimum Gasteiger partial charge on any atom is -0.342 e. The third-order valence-corrected chi connectivity index (χ3v) is 6.35. The maximum absolute atomic E-state index is 14.0. The van der Waals surface area contributed by atoms with E-state index in [2.05, 4.69) is 43.3 Å². The van der Waals surface area contributed by atoms with Crippen LogP contribution < -0.4 is 10.6 Å². The Labute approximate surface area is 212 Å². The maximum Gasteiger partial charge on any atom is 0.251 e. The van der Waals surface area contributed by atoms with E-state index in [0.29, 0.717) is 34.2 Å². The van der Waals surface area contributed by atoms with E-state index in [1.54, 1.807) is 41.8 Å². The van der Waals surface area contributed by atoms with Gasteiger partial charge in [-0.3, -0.25) is 9.59 Å². The van der Waals surface area contributed by atoms with E-state index in [1.165, 1.54) is 0 Å². The van der Waals surface area contributed by atoms with Crippen molar-refractivity contribution in [1.29, 1.82) is 0 Å². The summed E-state index contributed by atoms with van der Waals surface area (Å²) in [5.41, 5.74) is 0.287. The number of hydrogen-bond donors (Lipinski definition) is 2. The van der Waals surface area contributed by atoms with Gasteiger partial charge < -0.3 is 15.2 Å². The third kappa shape index (κ3) is 6.43. The number of amides is 2. The van der Waals surface area contributed by atoms with Gasteiger partial charge in [-0.2, -0.15) is 0 Å². The monoisotopic (exact) mass is 569 g/mol. The van der Waals surface area contributed by atoms with Gasteiger partial charge in [0.05, 0.1) is 17.5 Å². The van der Waals surface area contributed by atoms with Crippen LogP contribution in [0.5, 0.6) is 0 Å². The first-order valence-electron chi connectivity index (χ1n) is 9.87. The number of halogens is 4. The maximum atomic E-state index is 14.0. The summed E-state index contributed by atoms with van der Waals surface area (Å²) in [7, 11) is 0. The van der Waals surface area contributed by atoms with Crippen molar-refractivity contribution in [3.8, 4) is 0 Å². The molecule has 3 aromatic rings. The van der Waals surface area contributed by atoms with Crippen LogP contribution in [-0.4, -0.2) is 32.3 Å². The Hall–Kier alpha value is -2.76. The van der Waals surface area contributed by atoms with Crippen molar-refractivity contribution in [2.45, 2.75) is 24.7 Å². The molecule has 7 nitrogen and oxygen atoms in total. The lowest BCUT2D eigenvalue weighted by molar-refractivity contribution is -0.113. The second-order valence-corrected chi connectivity index (χ2v) is 9.26. The van der Waals surface area contributed by atoms with Crippen molar-refractivity contribution >= 4 is 56.8 Å². The van der Waals surface area contributed by atoms with Crippen LogP contribution in [0.4, 0.5) is 14.5 Å². The second kappa shape index (κ2) is 11.6. The number of thioether (sulfide) groups is 1. The van der Waals surface area contributed by atoms with Crippen molar-refractivity contribution in [2.24, 2.45) is 0 Å². The highest BCUT2D eigenvalue weighted by Crippen LogP contribution is 2.28. The van der Waals surface area contributed by atoms with Crippen molar-refractivity contribution in [1.82, 2.24) is 20.1 Å². The molecule has 178 valence electrons. The summed E-state index contributed by atoms with van der Waals surface area (Å²) in [5, 5.41) is 14.5. The number of nitrogens with one attached hydrogen (secondary N) is 2. The highest BCUT2D eigenvalue weighted by molar-refractivity contribution is 9.10. The molecule has 0 spiro atoms. The van der Waals surface area contributed by atoms with E-state index in [0.717, 1.165) is 17.8 Å². The Morgan fingerprint density at radius 3 is 2.62 bits per heavy atom. The summed E-state index contributed by atoms with van der Waals surface area (Å²) in [6.07, 6.45) is 1.63. The summed E-state index contributed by atoms with van der Waals surface area (Å²) in [6.45, 7) is 5.83. The third-order valence-electron chi connectivity index (χ3n) is 4.50. The van der Waals surface area contributed by atoms with Gasteiger partial charge in [0.15, 0.2) is 16.8 Å². The van der Waals surface area contributed by atoms with E-state index in [1.807, 2.05) is 0 Å². The van der Waals surface area contributed by atoms with Crippen LogP contribution in [0.15, 0.2) is 58.7 Å². The van der Waals surface area contributed by atoms with Gasteiger partial charge >= 0.3 is 0 Å². The molecule has 2 aromatic carbocycles. The fourth-order valence-electron chi connectivity index (χ4n) is 2.94. The molecule has 0 saturated heterocycles. The zero-order chi connectivity index (χ0) is 24.8. The summed E-state index contributed by atoms with van der Waals surface area (Å²) >= 11 is 9.97. The van der Waals surface area contributed by atoms with Crippen molar-refractivity contribution < 1.29 is 18.4 Å². The molecule has 1 heterocycles. The Balaban J connectivity index is 1.68. The van der Waals surface area contributed by atoms with Crippen LogP contribution in [0.2, 0.25) is 5.02 Å². The Morgan fingerprint density at radius 1 is 1.26 bits per heavy atom. The molecule has 34 heavy (non-hydrogen) atoms. The summed E-state index contributed by atoms with van der Waals surface area (Å²) in [6, 6.07) is 7.71. The molecule has 0 saturated carbocycles. The largest absolute Gasteiger partial charge is 0.342 e. The second-order valence-electron chi connectivity index (χ2n) is 7.02. The lowest BCUT2D eigenvalue weighted by atomic mass is 10.2. The number of rotatable bonds is 9. The van der Waals surface area contributed by atoms with Crippen LogP contribution in [0.25, 0.3) is 0 Å². The number of allylic oxidation sites excluding steroid dienone is 1. The van der Waals surface area contributed by atoms with Crippen LogP contribution in [0.3, 0.4) is 0 Å². The molecule has 1 atom stereocenters. The molecule has 0 aliphatic heterocycles. The first-order chi connectivity index (χ1) is 16.2. The fraction of sp³-hybridized carbons (Fsp3) is 0.182. The lowest BCUT2D eigenvalue weighted by Gasteiger charge is -2.15. The van der Waals surface area contributed by atoms with E-state index < -0.39 is 23.6 Å². The average molecular weight is 571 g/mol. The number of carbonyl (C=O) groups excluding carboxylic acids is 2. The highest BCUT2D eigenvalue weighted by atomic mass is 79.9. The molecule has 1 aromatic heterocycles. The van der Waals surface area contributed by atoms with Gasteiger partial charge in [-0.15, -0.1) is 16.8 Å². The van der Waals surface area contributed by atoms with Gasteiger partial charge in [-0.1, -0.05) is 29.4 Å². The van der Waals surface area contributed by atoms with E-state index in [4.69, 9.17) is 11.6 Å². The van der Waals surface area contributed by atoms with Crippen LogP contribution in [0, 0.1) is 11.6 Å². The summed E-state index contributed by atoms with van der Waals surface area (Å²) in [5.74, 6) is -2.12. The fourth-order valence-corrected chi connectivity index (χ4v) is 4.33. The number of nitrogens with zero attached hydrogens (tertiary/aromatic N) is 3. The predicted molar refractivity (Wildman–Crippen MR) is 131 cm³/mol. The zero-order valence-corrected chi connectivity index (χ0v) is 21.0. The molecular formula is C22H19BrClF2N5O2S. The Morgan fingerprint density at radius 2 is 1.97 bits per heavy atom. The van der Waals surface area contributed by atoms with Crippen molar-refractivity contribution in [3.63, 3.8) is 0 Å². The van der Waals surface area contributed by atoms with Crippen LogP contribution >= 0.6 is 39.3 Å². The van der Waals surface area contributed by atoms with Crippen LogP contribution in [-0.2, 0) is 11.3 Å². The van der Waals surface area contributed by atoms with Crippen LogP contribution in [0.1, 0.15) is 29.1 Å². The molecule has 12 heteroatoms. The van der Waals surface area contributed by atoms with Crippen molar-refractivity contribution in [3.05, 3.63) is 81.6 Å². The van der Waals surface area contributed by atoms with Crippen molar-refractivity contribution in [2.75, 3.05) is 11.1 Å². The highest BCUT2D eigenvalue weighted by Gasteiger charge is 2.21. The Bertz CT molecular complexity index is 1200. The van der Waals surface area contributed by atoms with Gasteiger partial charge in [0.2, 0.25) is 5.91 Å². The lowest BCUT2D eigenvalue weighted by Crippen LogP contribution is -2.28. The molecule has 0 aliphatic carbocycles. The molecule has 0 radical (unpaired) electrons. The molecule has 3 rings (SSSR count). The SMILES string of the molecule is C=CCn1c(SCC(=O)Nc2c(F)cc(F)cc2Br)nnc1[C@@H](C)NC(=O)c1ccc(Cl)cc1. The molecule has 2 amide bonds. The quantitative estimate of drug-likeness (QED) is 0.266. The molecule has 0 unspecified atom stereocenters. The summed E-state index contributed by atoms with van der Waals surface area (Å²) < 4.78 is 29.0. The molecular weight excluding hydrogens is 552 g/mol.